The number of rotatable bonds is 5. The highest BCUT2D eigenvalue weighted by Crippen LogP contribution is 2.42. The minimum Gasteiger partial charge on any atom is -0.456 e. The van der Waals surface area contributed by atoms with Gasteiger partial charge in [-0.3, -0.25) is 0 Å². The molecule has 0 bridgehead atoms. The summed E-state index contributed by atoms with van der Waals surface area (Å²) in [4.78, 5) is 15.6. The van der Waals surface area contributed by atoms with Crippen molar-refractivity contribution in [1.82, 2.24) is 15.0 Å². The predicted octanol–water partition coefficient (Wildman–Crippen LogP) is 15.5. The first-order chi connectivity index (χ1) is 30.7. The SMILES string of the molecule is c1ccc(-c2cc(-c3ccc4cc(-c5nc(-c6ccc7c(ccc8ccccc87)c6)nc(-c6cccc7c6oc6ccccc67)n5)ccc4c3)c3c(c2)oc2ccccc23)cc1. The van der Waals surface area contributed by atoms with E-state index in [1.807, 2.05) is 48.5 Å². The first-order valence-corrected chi connectivity index (χ1v) is 20.8. The number of fused-ring (bicyclic) bond motifs is 10. The van der Waals surface area contributed by atoms with Crippen molar-refractivity contribution in [2.75, 3.05) is 0 Å². The monoisotopic (exact) mass is 791 g/mol. The molecular weight excluding hydrogens is 759 g/mol. The van der Waals surface area contributed by atoms with Gasteiger partial charge in [0.1, 0.15) is 22.3 Å². The van der Waals surface area contributed by atoms with Gasteiger partial charge in [0, 0.05) is 32.7 Å². The van der Waals surface area contributed by atoms with Gasteiger partial charge in [0.15, 0.2) is 17.5 Å². The van der Waals surface area contributed by atoms with Crippen LogP contribution in [0.1, 0.15) is 0 Å². The number of furan rings is 2. The molecule has 5 nitrogen and oxygen atoms in total. The quantitative estimate of drug-likeness (QED) is 0.162. The van der Waals surface area contributed by atoms with Crippen molar-refractivity contribution in [3.05, 3.63) is 200 Å². The van der Waals surface area contributed by atoms with E-state index < -0.39 is 0 Å². The molecule has 0 fully saturated rings. The van der Waals surface area contributed by atoms with Gasteiger partial charge in [0.2, 0.25) is 0 Å². The van der Waals surface area contributed by atoms with Gasteiger partial charge < -0.3 is 8.83 Å². The standard InChI is InChI=1S/C57H33N3O2/c1-2-11-34(12-3-1)42-32-49(53-47-16-7-9-20-51(47)61-52(53)33-42)39-25-22-37-30-40(26-23-36(37)29-39)55-58-56(41-27-28-44-38(31-41)24-21-35-13-4-5-14-43(35)44)60-57(59-55)48-18-10-17-46-45-15-6-8-19-50(45)62-54(46)48/h1-33H. The number of hydrogen-bond acceptors (Lipinski definition) is 5. The normalized spacial score (nSPS) is 11.9. The van der Waals surface area contributed by atoms with Gasteiger partial charge in [-0.15, -0.1) is 0 Å². The van der Waals surface area contributed by atoms with Crippen molar-refractivity contribution < 1.29 is 8.83 Å². The van der Waals surface area contributed by atoms with Gasteiger partial charge in [-0.25, -0.2) is 15.0 Å². The lowest BCUT2D eigenvalue weighted by molar-refractivity contribution is 0.669. The highest BCUT2D eigenvalue weighted by Gasteiger charge is 2.20. The highest BCUT2D eigenvalue weighted by atomic mass is 16.3. The Balaban J connectivity index is 0.972. The molecule has 3 heterocycles. The first kappa shape index (κ1) is 34.5. The Kier molecular flexibility index (Phi) is 7.54. The molecule has 13 rings (SSSR count). The molecule has 0 spiro atoms. The molecule has 3 aromatic heterocycles. The Hall–Kier alpha value is -8.41. The maximum absolute atomic E-state index is 6.50. The maximum atomic E-state index is 6.50. The Morgan fingerprint density at radius 2 is 0.855 bits per heavy atom. The van der Waals surface area contributed by atoms with E-state index in [1.54, 1.807) is 0 Å². The largest absolute Gasteiger partial charge is 0.456 e. The van der Waals surface area contributed by atoms with E-state index in [9.17, 15) is 0 Å². The summed E-state index contributed by atoms with van der Waals surface area (Å²) in [5, 5.41) is 11.2. The van der Waals surface area contributed by atoms with Crippen LogP contribution >= 0.6 is 0 Å². The van der Waals surface area contributed by atoms with E-state index in [4.69, 9.17) is 23.8 Å². The van der Waals surface area contributed by atoms with Crippen molar-refractivity contribution in [1.29, 1.82) is 0 Å². The fourth-order valence-electron chi connectivity index (χ4n) is 9.26. The summed E-state index contributed by atoms with van der Waals surface area (Å²) in [5.41, 5.74) is 10.5. The van der Waals surface area contributed by atoms with Crippen LogP contribution < -0.4 is 0 Å². The second-order valence-corrected chi connectivity index (χ2v) is 15.9. The van der Waals surface area contributed by atoms with E-state index >= 15 is 0 Å². The van der Waals surface area contributed by atoms with E-state index in [2.05, 4.69) is 152 Å². The molecule has 0 atom stereocenters. The molecule has 0 aliphatic rings. The topological polar surface area (TPSA) is 65.0 Å². The van der Waals surface area contributed by atoms with Crippen LogP contribution in [0.2, 0.25) is 0 Å². The number of hydrogen-bond donors (Lipinski definition) is 0. The summed E-state index contributed by atoms with van der Waals surface area (Å²) in [6, 6.07) is 70.0. The molecule has 0 radical (unpaired) electrons. The minimum atomic E-state index is 0.554. The van der Waals surface area contributed by atoms with Crippen LogP contribution in [0, 0.1) is 0 Å². The lowest BCUT2D eigenvalue weighted by Crippen LogP contribution is -2.00. The van der Waals surface area contributed by atoms with Crippen LogP contribution in [0.15, 0.2) is 209 Å². The maximum Gasteiger partial charge on any atom is 0.167 e. The van der Waals surface area contributed by atoms with Gasteiger partial charge in [0.05, 0.1) is 5.56 Å². The molecule has 10 aromatic carbocycles. The molecule has 0 saturated carbocycles. The number of para-hydroxylation sites is 3. The van der Waals surface area contributed by atoms with Crippen LogP contribution in [0.4, 0.5) is 0 Å². The van der Waals surface area contributed by atoms with Crippen molar-refractivity contribution in [2.45, 2.75) is 0 Å². The summed E-state index contributed by atoms with van der Waals surface area (Å²) in [6.07, 6.45) is 0. The summed E-state index contributed by atoms with van der Waals surface area (Å²) in [6.45, 7) is 0. The second-order valence-electron chi connectivity index (χ2n) is 15.9. The summed E-state index contributed by atoms with van der Waals surface area (Å²) < 4.78 is 13.0. The third kappa shape index (κ3) is 5.52. The van der Waals surface area contributed by atoms with Crippen molar-refractivity contribution in [3.63, 3.8) is 0 Å². The fraction of sp³-hybridized carbons (Fsp3) is 0. The third-order valence-electron chi connectivity index (χ3n) is 12.3. The predicted molar refractivity (Wildman–Crippen MR) is 254 cm³/mol. The van der Waals surface area contributed by atoms with E-state index in [1.165, 1.54) is 16.2 Å². The zero-order valence-electron chi connectivity index (χ0n) is 33.2. The molecule has 288 valence electrons. The van der Waals surface area contributed by atoms with Gasteiger partial charge >= 0.3 is 0 Å². The lowest BCUT2D eigenvalue weighted by Gasteiger charge is -2.12. The zero-order chi connectivity index (χ0) is 40.7. The average molecular weight is 792 g/mol. The van der Waals surface area contributed by atoms with Gasteiger partial charge in [-0.1, -0.05) is 152 Å². The van der Waals surface area contributed by atoms with Crippen LogP contribution in [-0.2, 0) is 0 Å². The van der Waals surface area contributed by atoms with E-state index in [0.717, 1.165) is 99.0 Å². The molecule has 0 unspecified atom stereocenters. The molecule has 0 aliphatic carbocycles. The minimum absolute atomic E-state index is 0.554. The third-order valence-corrected chi connectivity index (χ3v) is 12.3. The number of benzene rings is 10. The van der Waals surface area contributed by atoms with Crippen molar-refractivity contribution in [2.24, 2.45) is 0 Å². The smallest absolute Gasteiger partial charge is 0.167 e. The van der Waals surface area contributed by atoms with Crippen molar-refractivity contribution >= 4 is 76.2 Å². The van der Waals surface area contributed by atoms with Gasteiger partial charge in [-0.05, 0) is 103 Å². The average Bonchev–Trinajstić information content (AvgIpc) is 3.92. The summed E-state index contributed by atoms with van der Waals surface area (Å²) >= 11 is 0. The van der Waals surface area contributed by atoms with E-state index in [0.29, 0.717) is 17.5 Å². The van der Waals surface area contributed by atoms with Crippen LogP contribution in [-0.4, -0.2) is 15.0 Å². The Labute approximate surface area is 355 Å². The zero-order valence-corrected chi connectivity index (χ0v) is 33.2. The molecule has 0 N–H and O–H groups in total. The highest BCUT2D eigenvalue weighted by molar-refractivity contribution is 6.14. The molecule has 5 heteroatoms. The summed E-state index contributed by atoms with van der Waals surface area (Å²) in [5.74, 6) is 1.74. The first-order valence-electron chi connectivity index (χ1n) is 20.8. The molecule has 0 amide bonds. The van der Waals surface area contributed by atoms with Crippen LogP contribution in [0.25, 0.3) is 133 Å². The fourth-order valence-corrected chi connectivity index (χ4v) is 9.26. The van der Waals surface area contributed by atoms with Gasteiger partial charge in [-0.2, -0.15) is 0 Å². The Bertz CT molecular complexity index is 3940. The van der Waals surface area contributed by atoms with Gasteiger partial charge in [0.25, 0.3) is 0 Å². The molecule has 0 saturated heterocycles. The molecule has 13 aromatic rings. The lowest BCUT2D eigenvalue weighted by atomic mass is 9.93. The Morgan fingerprint density at radius 3 is 1.68 bits per heavy atom. The molecule has 62 heavy (non-hydrogen) atoms. The summed E-state index contributed by atoms with van der Waals surface area (Å²) in [7, 11) is 0. The Morgan fingerprint density at radius 1 is 0.274 bits per heavy atom. The number of nitrogens with zero attached hydrogens (tertiary/aromatic N) is 3. The van der Waals surface area contributed by atoms with Crippen LogP contribution in [0.3, 0.4) is 0 Å². The van der Waals surface area contributed by atoms with E-state index in [-0.39, 0.29) is 0 Å². The number of aromatic nitrogens is 3. The van der Waals surface area contributed by atoms with Crippen LogP contribution in [0.5, 0.6) is 0 Å². The second kappa shape index (κ2) is 13.6. The molecular formula is C57H33N3O2. The molecule has 0 aliphatic heterocycles. The van der Waals surface area contributed by atoms with Crippen molar-refractivity contribution in [3.8, 4) is 56.4 Å².